The molecule has 11 nitrogen and oxygen atoms in total. The molecule has 280 valence electrons. The van der Waals surface area contributed by atoms with E-state index in [0.717, 1.165) is 48.4 Å². The average Bonchev–Trinajstić information content (AvgIpc) is 3.09. The van der Waals surface area contributed by atoms with E-state index in [2.05, 4.69) is 14.9 Å². The van der Waals surface area contributed by atoms with Crippen LogP contribution in [0, 0.1) is 11.8 Å². The first-order valence-electron chi connectivity index (χ1n) is 18.6. The number of hydrogen-bond acceptors (Lipinski definition) is 7. The minimum absolute atomic E-state index is 0.125. The van der Waals surface area contributed by atoms with Crippen LogP contribution in [0.2, 0.25) is 0 Å². The van der Waals surface area contributed by atoms with Gasteiger partial charge >= 0.3 is 0 Å². The summed E-state index contributed by atoms with van der Waals surface area (Å²) in [7, 11) is -1.99. The summed E-state index contributed by atoms with van der Waals surface area (Å²) in [5, 5.41) is 27.8. The van der Waals surface area contributed by atoms with Crippen LogP contribution in [0.25, 0.3) is 10.8 Å². The summed E-state index contributed by atoms with van der Waals surface area (Å²) >= 11 is 0. The minimum atomic E-state index is -3.94. The number of rotatable bonds is 16. The van der Waals surface area contributed by atoms with Crippen molar-refractivity contribution >= 4 is 32.8 Å². The number of piperazine rings is 1. The Bertz CT molecular complexity index is 1510. The molecule has 12 heteroatoms. The highest BCUT2D eigenvalue weighted by atomic mass is 32.2. The van der Waals surface area contributed by atoms with Crippen molar-refractivity contribution < 1.29 is 28.2 Å². The smallest absolute Gasteiger partial charge is 0.280 e. The fraction of sp³-hybridized carbons (Fsp3) is 0.684. The highest BCUT2D eigenvalue weighted by molar-refractivity contribution is 7.87. The van der Waals surface area contributed by atoms with Gasteiger partial charge < -0.3 is 25.3 Å². The molecule has 2 amide bonds. The van der Waals surface area contributed by atoms with Crippen molar-refractivity contribution in [2.24, 2.45) is 11.8 Å². The summed E-state index contributed by atoms with van der Waals surface area (Å²) < 4.78 is 30.8. The number of nitrogens with one attached hydrogen (secondary N) is 2. The molecular weight excluding hydrogens is 655 g/mol. The summed E-state index contributed by atoms with van der Waals surface area (Å²) in [6.07, 6.45) is 3.23. The number of aliphatic hydroxyl groups is 2. The van der Waals surface area contributed by atoms with Gasteiger partial charge in [0.1, 0.15) is 12.1 Å². The summed E-state index contributed by atoms with van der Waals surface area (Å²) in [6, 6.07) is 10.9. The van der Waals surface area contributed by atoms with Gasteiger partial charge in [0.05, 0.1) is 18.2 Å². The second kappa shape index (κ2) is 18.2. The third kappa shape index (κ3) is 10.5. The van der Waals surface area contributed by atoms with Gasteiger partial charge in [0.2, 0.25) is 11.8 Å². The molecule has 0 aromatic heterocycles. The van der Waals surface area contributed by atoms with Crippen LogP contribution in [-0.4, -0.2) is 114 Å². The molecule has 2 aromatic rings. The van der Waals surface area contributed by atoms with Crippen molar-refractivity contribution in [3.63, 3.8) is 0 Å². The number of carbonyl (C=O) groups excluding carboxylic acids is 2. The van der Waals surface area contributed by atoms with Crippen LogP contribution in [0.3, 0.4) is 0 Å². The van der Waals surface area contributed by atoms with E-state index in [1.54, 1.807) is 11.8 Å². The van der Waals surface area contributed by atoms with Gasteiger partial charge in [0.15, 0.2) is 0 Å². The van der Waals surface area contributed by atoms with Gasteiger partial charge in [-0.3, -0.25) is 9.59 Å². The normalized spacial score (nSPS) is 20.6. The number of aliphatic hydroxyl groups excluding tert-OH is 2. The minimum Gasteiger partial charge on any atom is -0.390 e. The maximum absolute atomic E-state index is 14.6. The molecule has 4 rings (SSSR count). The maximum atomic E-state index is 14.6. The average molecular weight is 716 g/mol. The van der Waals surface area contributed by atoms with Crippen LogP contribution < -0.4 is 10.0 Å². The molecule has 2 aromatic carbocycles. The molecule has 1 aliphatic heterocycles. The second-order valence-electron chi connectivity index (χ2n) is 15.1. The topological polar surface area (TPSA) is 143 Å². The van der Waals surface area contributed by atoms with Gasteiger partial charge in [0, 0.05) is 32.2 Å². The van der Waals surface area contributed by atoms with Gasteiger partial charge in [-0.05, 0) is 67.8 Å². The van der Waals surface area contributed by atoms with Crippen molar-refractivity contribution in [3.05, 3.63) is 48.0 Å². The van der Waals surface area contributed by atoms with Gasteiger partial charge in [-0.1, -0.05) is 95.8 Å². The van der Waals surface area contributed by atoms with E-state index >= 15 is 0 Å². The molecule has 1 saturated carbocycles. The van der Waals surface area contributed by atoms with E-state index in [9.17, 15) is 28.2 Å². The molecule has 50 heavy (non-hydrogen) atoms. The molecule has 0 spiro atoms. The fourth-order valence-electron chi connectivity index (χ4n) is 7.42. The number of amides is 2. The molecule has 0 unspecified atom stereocenters. The Morgan fingerprint density at radius 2 is 1.58 bits per heavy atom. The lowest BCUT2D eigenvalue weighted by Crippen LogP contribution is -2.63. The van der Waals surface area contributed by atoms with E-state index in [1.165, 1.54) is 4.31 Å². The maximum Gasteiger partial charge on any atom is 0.280 e. The van der Waals surface area contributed by atoms with Crippen LogP contribution in [0.15, 0.2) is 42.5 Å². The monoisotopic (exact) mass is 715 g/mol. The van der Waals surface area contributed by atoms with Gasteiger partial charge in [-0.2, -0.15) is 17.4 Å². The standard InChI is InChI=1S/C38H61N5O6S/c1-7-27(4)35(43(32-15-9-8-10-16-32)38(47)28(5)40-50(48,49)42-21-19-41(6)20-22-42)37(46)39-33(36(45)34(44)23-26(2)3)25-29-17-18-30-13-11-12-14-31(30)24-29/h11-14,17-18,24,26-28,32-36,40,44-45H,7-10,15-16,19-23,25H2,1-6H3,(H,39,46)/t27-,28-,33-,34-,35-,36+/m0/s1. The van der Waals surface area contributed by atoms with Gasteiger partial charge in [0.25, 0.3) is 10.2 Å². The van der Waals surface area contributed by atoms with E-state index < -0.39 is 52.4 Å². The number of hydrogen-bond donors (Lipinski definition) is 4. The zero-order valence-corrected chi connectivity index (χ0v) is 31.7. The van der Waals surface area contributed by atoms with Crippen LogP contribution >= 0.6 is 0 Å². The molecule has 1 saturated heterocycles. The number of benzene rings is 2. The molecule has 0 bridgehead atoms. The first kappa shape index (κ1) is 40.2. The number of fused-ring (bicyclic) bond motifs is 1. The number of carbonyl (C=O) groups is 2. The lowest BCUT2D eigenvalue weighted by atomic mass is 9.88. The molecule has 0 radical (unpaired) electrons. The van der Waals surface area contributed by atoms with Crippen LogP contribution in [0.1, 0.15) is 85.1 Å². The Labute approximate surface area is 300 Å². The van der Waals surface area contributed by atoms with Crippen LogP contribution in [0.4, 0.5) is 0 Å². The zero-order chi connectivity index (χ0) is 36.6. The third-order valence-corrected chi connectivity index (χ3v) is 12.3. The summed E-state index contributed by atoms with van der Waals surface area (Å²) in [4.78, 5) is 32.8. The van der Waals surface area contributed by atoms with Gasteiger partial charge in [-0.25, -0.2) is 0 Å². The van der Waals surface area contributed by atoms with Crippen molar-refractivity contribution in [3.8, 4) is 0 Å². The number of nitrogens with zero attached hydrogens (tertiary/aromatic N) is 3. The molecule has 1 heterocycles. The van der Waals surface area contributed by atoms with Crippen molar-refractivity contribution in [2.75, 3.05) is 33.2 Å². The summed E-state index contributed by atoms with van der Waals surface area (Å²) in [5.41, 5.74) is 0.900. The molecule has 6 atom stereocenters. The zero-order valence-electron chi connectivity index (χ0n) is 30.9. The van der Waals surface area contributed by atoms with E-state index in [1.807, 2.05) is 77.2 Å². The Hall–Kier alpha value is -2.61. The summed E-state index contributed by atoms with van der Waals surface area (Å²) in [5.74, 6) is -0.975. The molecule has 4 N–H and O–H groups in total. The lowest BCUT2D eigenvalue weighted by Gasteiger charge is -2.43. The third-order valence-electron chi connectivity index (χ3n) is 10.6. The Kier molecular flexibility index (Phi) is 14.7. The molecule has 2 aliphatic rings. The van der Waals surface area contributed by atoms with Crippen molar-refractivity contribution in [2.45, 2.75) is 122 Å². The highest BCUT2D eigenvalue weighted by Crippen LogP contribution is 2.29. The Morgan fingerprint density at radius 3 is 2.20 bits per heavy atom. The largest absolute Gasteiger partial charge is 0.390 e. The Balaban J connectivity index is 1.65. The van der Waals surface area contributed by atoms with Gasteiger partial charge in [-0.15, -0.1) is 0 Å². The van der Waals surface area contributed by atoms with Crippen LogP contribution in [-0.2, 0) is 26.2 Å². The molecule has 2 fully saturated rings. The SMILES string of the molecule is CC[C@H](C)[C@@H](C(=O)N[C@@H](Cc1ccc2ccccc2c1)[C@@H](O)[C@@H](O)CC(C)C)N(C(=O)[C@H](C)NS(=O)(=O)N1CCN(C)CC1)C1CCCCC1. The Morgan fingerprint density at radius 1 is 0.940 bits per heavy atom. The van der Waals surface area contributed by atoms with Crippen molar-refractivity contribution in [1.82, 2.24) is 24.1 Å². The number of likely N-dealkylation sites (N-methyl/N-ethyl adjacent to an activating group) is 1. The van der Waals surface area contributed by atoms with Crippen molar-refractivity contribution in [1.29, 1.82) is 0 Å². The summed E-state index contributed by atoms with van der Waals surface area (Å²) in [6.45, 7) is 11.3. The molecule has 1 aliphatic carbocycles. The first-order valence-corrected chi connectivity index (χ1v) is 20.1. The molecular formula is C38H61N5O6S. The lowest BCUT2D eigenvalue weighted by molar-refractivity contribution is -0.148. The van der Waals surface area contributed by atoms with E-state index in [-0.39, 0.29) is 24.3 Å². The predicted molar refractivity (Wildman–Crippen MR) is 199 cm³/mol. The highest BCUT2D eigenvalue weighted by Gasteiger charge is 2.42. The predicted octanol–water partition coefficient (Wildman–Crippen LogP) is 3.68. The van der Waals surface area contributed by atoms with E-state index in [0.29, 0.717) is 39.0 Å². The fourth-order valence-corrected chi connectivity index (χ4v) is 8.76. The second-order valence-corrected chi connectivity index (χ2v) is 16.8. The first-order chi connectivity index (χ1) is 23.7. The van der Waals surface area contributed by atoms with E-state index in [4.69, 9.17) is 0 Å². The van der Waals surface area contributed by atoms with Crippen LogP contribution in [0.5, 0.6) is 0 Å². The quantitative estimate of drug-likeness (QED) is 0.208.